The molecule has 1 aromatic heterocycles. The van der Waals surface area contributed by atoms with Crippen LogP contribution < -0.4 is 5.56 Å². The maximum Gasteiger partial charge on any atom is 0.250 e. The molecule has 0 bridgehead atoms. The molecule has 78 valence electrons. The number of rotatable bonds is 4. The van der Waals surface area contributed by atoms with Gasteiger partial charge >= 0.3 is 0 Å². The van der Waals surface area contributed by atoms with Gasteiger partial charge in [-0.1, -0.05) is 6.92 Å². The van der Waals surface area contributed by atoms with E-state index < -0.39 is 5.60 Å². The summed E-state index contributed by atoms with van der Waals surface area (Å²) in [7, 11) is 0. The zero-order valence-corrected chi connectivity index (χ0v) is 8.83. The Morgan fingerprint density at radius 1 is 1.57 bits per heavy atom. The highest BCUT2D eigenvalue weighted by molar-refractivity contribution is 5.00. The highest BCUT2D eigenvalue weighted by Gasteiger charge is 2.27. The van der Waals surface area contributed by atoms with Crippen LogP contribution in [0.5, 0.6) is 0 Å². The molecule has 4 nitrogen and oxygen atoms in total. The number of aromatic nitrogens is 2. The van der Waals surface area contributed by atoms with Gasteiger partial charge in [0.05, 0.1) is 0 Å². The second kappa shape index (κ2) is 4.37. The third kappa shape index (κ3) is 2.20. The third-order valence-corrected chi connectivity index (χ3v) is 2.31. The van der Waals surface area contributed by atoms with Gasteiger partial charge in [0.15, 0.2) is 0 Å². The molecule has 0 saturated carbocycles. The zero-order valence-electron chi connectivity index (χ0n) is 8.83. The van der Waals surface area contributed by atoms with E-state index in [1.165, 1.54) is 12.3 Å². The molecule has 0 aliphatic heterocycles. The van der Waals surface area contributed by atoms with Crippen molar-refractivity contribution in [1.29, 1.82) is 0 Å². The standard InChI is InChI=1S/C10H16N2O2/c1-4-10(3,14-5-2)9-11-7-6-8(13)12-9/h6-7H,4-5H2,1-3H3,(H,11,12,13). The van der Waals surface area contributed by atoms with Crippen molar-refractivity contribution in [2.24, 2.45) is 0 Å². The lowest BCUT2D eigenvalue weighted by molar-refractivity contribution is -0.0392. The van der Waals surface area contributed by atoms with Crippen LogP contribution in [0.25, 0.3) is 0 Å². The summed E-state index contributed by atoms with van der Waals surface area (Å²) >= 11 is 0. The number of hydrogen-bond donors (Lipinski definition) is 1. The number of ether oxygens (including phenoxy) is 1. The van der Waals surface area contributed by atoms with E-state index >= 15 is 0 Å². The minimum atomic E-state index is -0.491. The van der Waals surface area contributed by atoms with Crippen molar-refractivity contribution >= 4 is 0 Å². The van der Waals surface area contributed by atoms with Gasteiger partial charge < -0.3 is 9.72 Å². The minimum absolute atomic E-state index is 0.144. The van der Waals surface area contributed by atoms with Gasteiger partial charge in [-0.15, -0.1) is 0 Å². The zero-order chi connectivity index (χ0) is 10.6. The van der Waals surface area contributed by atoms with E-state index in [0.717, 1.165) is 6.42 Å². The van der Waals surface area contributed by atoms with E-state index in [-0.39, 0.29) is 5.56 Å². The highest BCUT2D eigenvalue weighted by Crippen LogP contribution is 2.24. The van der Waals surface area contributed by atoms with Gasteiger partial charge in [0, 0.05) is 18.9 Å². The fourth-order valence-electron chi connectivity index (χ4n) is 1.30. The first-order chi connectivity index (χ1) is 6.62. The molecule has 0 aromatic carbocycles. The van der Waals surface area contributed by atoms with E-state index in [2.05, 4.69) is 9.97 Å². The van der Waals surface area contributed by atoms with Gasteiger partial charge in [-0.25, -0.2) is 4.98 Å². The molecule has 1 heterocycles. The van der Waals surface area contributed by atoms with Gasteiger partial charge in [0.25, 0.3) is 5.56 Å². The number of nitrogens with zero attached hydrogens (tertiary/aromatic N) is 1. The summed E-state index contributed by atoms with van der Waals surface area (Å²) in [6.45, 7) is 6.45. The number of H-pyrrole nitrogens is 1. The maximum absolute atomic E-state index is 11.1. The molecule has 0 spiro atoms. The normalized spacial score (nSPS) is 15.1. The smallest absolute Gasteiger partial charge is 0.250 e. The summed E-state index contributed by atoms with van der Waals surface area (Å²) in [5.41, 5.74) is -0.635. The maximum atomic E-state index is 11.1. The molecule has 1 N–H and O–H groups in total. The van der Waals surface area contributed by atoms with Gasteiger partial charge in [-0.05, 0) is 20.3 Å². The van der Waals surface area contributed by atoms with Crippen LogP contribution in [-0.4, -0.2) is 16.6 Å². The Balaban J connectivity index is 3.05. The quantitative estimate of drug-likeness (QED) is 0.792. The van der Waals surface area contributed by atoms with E-state index in [9.17, 15) is 4.79 Å². The SMILES string of the molecule is CCOC(C)(CC)c1nccc(=O)[nH]1. The average Bonchev–Trinajstić information content (AvgIpc) is 2.18. The molecule has 1 atom stereocenters. The Morgan fingerprint density at radius 3 is 2.79 bits per heavy atom. The monoisotopic (exact) mass is 196 g/mol. The van der Waals surface area contributed by atoms with Crippen LogP contribution in [0, 0.1) is 0 Å². The lowest BCUT2D eigenvalue weighted by Gasteiger charge is -2.26. The van der Waals surface area contributed by atoms with Gasteiger partial charge in [-0.3, -0.25) is 4.79 Å². The van der Waals surface area contributed by atoms with Gasteiger partial charge in [0.2, 0.25) is 0 Å². The Hall–Kier alpha value is -1.16. The average molecular weight is 196 g/mol. The molecule has 0 aliphatic rings. The minimum Gasteiger partial charge on any atom is -0.368 e. The van der Waals surface area contributed by atoms with Crippen molar-refractivity contribution in [3.63, 3.8) is 0 Å². The first-order valence-corrected chi connectivity index (χ1v) is 4.82. The lowest BCUT2D eigenvalue weighted by Crippen LogP contribution is -2.30. The fraction of sp³-hybridized carbons (Fsp3) is 0.600. The summed E-state index contributed by atoms with van der Waals surface area (Å²) in [6, 6.07) is 1.39. The Morgan fingerprint density at radius 2 is 2.29 bits per heavy atom. The molecule has 0 radical (unpaired) electrons. The topological polar surface area (TPSA) is 55.0 Å². The first kappa shape index (κ1) is 10.9. The Bertz CT molecular complexity index is 348. The number of nitrogens with one attached hydrogen (secondary N) is 1. The highest BCUT2D eigenvalue weighted by atomic mass is 16.5. The van der Waals surface area contributed by atoms with Crippen LogP contribution in [-0.2, 0) is 10.3 Å². The molecule has 0 aliphatic carbocycles. The van der Waals surface area contributed by atoms with Gasteiger partial charge in [0.1, 0.15) is 11.4 Å². The molecule has 0 saturated heterocycles. The summed E-state index contributed by atoms with van der Waals surface area (Å²) < 4.78 is 5.59. The molecule has 1 aromatic rings. The molecule has 0 fully saturated rings. The summed E-state index contributed by atoms with van der Waals surface area (Å²) in [6.07, 6.45) is 2.27. The van der Waals surface area contributed by atoms with Crippen LogP contribution in [0.4, 0.5) is 0 Å². The Labute approximate surface area is 83.3 Å². The second-order valence-electron chi connectivity index (χ2n) is 3.30. The summed E-state index contributed by atoms with van der Waals surface area (Å²) in [4.78, 5) is 17.9. The van der Waals surface area contributed by atoms with Crippen molar-refractivity contribution in [2.45, 2.75) is 32.8 Å². The van der Waals surface area contributed by atoms with E-state index in [0.29, 0.717) is 12.4 Å². The Kier molecular flexibility index (Phi) is 3.41. The fourth-order valence-corrected chi connectivity index (χ4v) is 1.30. The predicted octanol–water partition coefficient (Wildman–Crippen LogP) is 1.43. The summed E-state index contributed by atoms with van der Waals surface area (Å²) in [5, 5.41) is 0. The number of hydrogen-bond acceptors (Lipinski definition) is 3. The predicted molar refractivity (Wildman–Crippen MR) is 54.1 cm³/mol. The van der Waals surface area contributed by atoms with E-state index in [1.54, 1.807) is 0 Å². The first-order valence-electron chi connectivity index (χ1n) is 4.82. The van der Waals surface area contributed by atoms with Crippen molar-refractivity contribution in [3.05, 3.63) is 28.4 Å². The van der Waals surface area contributed by atoms with Crippen molar-refractivity contribution in [1.82, 2.24) is 9.97 Å². The lowest BCUT2D eigenvalue weighted by atomic mass is 10.0. The van der Waals surface area contributed by atoms with Crippen LogP contribution in [0.3, 0.4) is 0 Å². The molecular formula is C10H16N2O2. The van der Waals surface area contributed by atoms with Crippen molar-refractivity contribution in [2.75, 3.05) is 6.61 Å². The van der Waals surface area contributed by atoms with Crippen molar-refractivity contribution < 1.29 is 4.74 Å². The molecule has 1 unspecified atom stereocenters. The molecule has 0 amide bonds. The second-order valence-corrected chi connectivity index (χ2v) is 3.30. The van der Waals surface area contributed by atoms with Gasteiger partial charge in [-0.2, -0.15) is 0 Å². The number of aromatic amines is 1. The third-order valence-electron chi connectivity index (χ3n) is 2.31. The van der Waals surface area contributed by atoms with E-state index in [4.69, 9.17) is 4.74 Å². The summed E-state index contributed by atoms with van der Waals surface area (Å²) in [5.74, 6) is 0.592. The molecule has 4 heteroatoms. The molecular weight excluding hydrogens is 180 g/mol. The van der Waals surface area contributed by atoms with Crippen molar-refractivity contribution in [3.8, 4) is 0 Å². The van der Waals surface area contributed by atoms with Crippen LogP contribution in [0.15, 0.2) is 17.1 Å². The van der Waals surface area contributed by atoms with Crippen LogP contribution in [0.1, 0.15) is 33.0 Å². The molecule has 1 rings (SSSR count). The largest absolute Gasteiger partial charge is 0.368 e. The van der Waals surface area contributed by atoms with Crippen LogP contribution >= 0.6 is 0 Å². The van der Waals surface area contributed by atoms with E-state index in [1.807, 2.05) is 20.8 Å². The van der Waals surface area contributed by atoms with Crippen LogP contribution in [0.2, 0.25) is 0 Å². The molecule has 14 heavy (non-hydrogen) atoms.